The van der Waals surface area contributed by atoms with E-state index in [0.29, 0.717) is 24.1 Å². The molecule has 1 amide bonds. The number of anilines is 1. The summed E-state index contributed by atoms with van der Waals surface area (Å²) in [5.74, 6) is 1.43. The number of methoxy groups -OCH3 is 1. The lowest BCUT2D eigenvalue weighted by molar-refractivity contribution is -0.114. The van der Waals surface area contributed by atoms with Gasteiger partial charge in [-0.2, -0.15) is 5.10 Å². The average Bonchev–Trinajstić information content (AvgIpc) is 3.29. The molecule has 9 nitrogen and oxygen atoms in total. The van der Waals surface area contributed by atoms with Crippen LogP contribution in [0.1, 0.15) is 31.4 Å². The lowest BCUT2D eigenvalue weighted by atomic mass is 9.74. The minimum Gasteiger partial charge on any atom is -0.496 e. The number of benzene rings is 2. The summed E-state index contributed by atoms with van der Waals surface area (Å²) in [7, 11) is 0.0232. The quantitative estimate of drug-likeness (QED) is 0.470. The molecule has 3 fully saturated rings. The predicted octanol–water partition coefficient (Wildman–Crippen LogP) is 3.21. The number of ether oxygens (including phenoxy) is 1. The molecule has 0 spiro atoms. The predicted molar refractivity (Wildman–Crippen MR) is 142 cm³/mol. The number of sulfonamides is 1. The van der Waals surface area contributed by atoms with E-state index in [2.05, 4.69) is 21.0 Å². The Morgan fingerprint density at radius 2 is 1.92 bits per heavy atom. The van der Waals surface area contributed by atoms with Crippen molar-refractivity contribution in [3.8, 4) is 17.0 Å². The molecule has 3 saturated heterocycles. The number of hydrogen-bond donors (Lipinski definition) is 2. The minimum atomic E-state index is -3.64. The van der Waals surface area contributed by atoms with E-state index in [1.54, 1.807) is 19.2 Å². The van der Waals surface area contributed by atoms with E-state index in [1.807, 2.05) is 36.0 Å². The molecule has 37 heavy (non-hydrogen) atoms. The summed E-state index contributed by atoms with van der Waals surface area (Å²) >= 11 is 0. The van der Waals surface area contributed by atoms with Crippen LogP contribution in [0, 0.1) is 5.92 Å². The van der Waals surface area contributed by atoms with Crippen LogP contribution in [0.2, 0.25) is 0 Å². The van der Waals surface area contributed by atoms with Gasteiger partial charge < -0.3 is 10.1 Å². The van der Waals surface area contributed by atoms with Crippen molar-refractivity contribution in [2.45, 2.75) is 36.6 Å². The molecule has 4 heterocycles. The topological polar surface area (TPSA) is 106 Å². The summed E-state index contributed by atoms with van der Waals surface area (Å²) in [6.07, 6.45) is 2.03. The van der Waals surface area contributed by atoms with Gasteiger partial charge in [0.1, 0.15) is 5.75 Å². The summed E-state index contributed by atoms with van der Waals surface area (Å²) in [5, 5.41) is 7.44. The van der Waals surface area contributed by atoms with Crippen LogP contribution in [0.25, 0.3) is 11.3 Å². The van der Waals surface area contributed by atoms with E-state index in [0.717, 1.165) is 42.9 Å². The van der Waals surface area contributed by atoms with E-state index < -0.39 is 10.0 Å². The maximum atomic E-state index is 12.9. The Bertz CT molecular complexity index is 1390. The third-order valence-electron chi connectivity index (χ3n) is 7.55. The van der Waals surface area contributed by atoms with Crippen molar-refractivity contribution in [1.82, 2.24) is 19.4 Å². The van der Waals surface area contributed by atoms with E-state index >= 15 is 0 Å². The first kappa shape index (κ1) is 25.4. The van der Waals surface area contributed by atoms with Crippen molar-refractivity contribution >= 4 is 21.6 Å². The van der Waals surface area contributed by atoms with Gasteiger partial charge in [-0.3, -0.25) is 14.4 Å². The summed E-state index contributed by atoms with van der Waals surface area (Å²) in [5.41, 5.74) is 3.65. The second-order valence-electron chi connectivity index (χ2n) is 9.88. The van der Waals surface area contributed by atoms with Crippen LogP contribution in [0.3, 0.4) is 0 Å². The fourth-order valence-electron chi connectivity index (χ4n) is 5.71. The van der Waals surface area contributed by atoms with Crippen molar-refractivity contribution < 1.29 is 17.9 Å². The van der Waals surface area contributed by atoms with Crippen LogP contribution in [0.4, 0.5) is 5.69 Å². The smallest absolute Gasteiger partial charge is 0.240 e. The highest BCUT2D eigenvalue weighted by molar-refractivity contribution is 7.89. The zero-order valence-electron chi connectivity index (χ0n) is 21.3. The highest BCUT2D eigenvalue weighted by Gasteiger charge is 2.42. The number of piperidine rings is 3. The summed E-state index contributed by atoms with van der Waals surface area (Å²) in [4.78, 5) is 13.8. The SMILES string of the molecule is COc1ccccc1-c1cc([C@H]2CN3CC[C@H]2C[C@@H]3CNS(=O)(=O)c2ccc(NC(C)=O)cc2)n(C)n1. The lowest BCUT2D eigenvalue weighted by Crippen LogP contribution is -2.56. The van der Waals surface area contributed by atoms with Gasteiger partial charge >= 0.3 is 0 Å². The molecule has 3 aromatic rings. The van der Waals surface area contributed by atoms with E-state index in [-0.39, 0.29) is 16.8 Å². The fourth-order valence-corrected chi connectivity index (χ4v) is 6.78. The Morgan fingerprint density at radius 3 is 2.59 bits per heavy atom. The van der Waals surface area contributed by atoms with E-state index in [9.17, 15) is 13.2 Å². The number of amides is 1. The lowest BCUT2D eigenvalue weighted by Gasteiger charge is -2.49. The van der Waals surface area contributed by atoms with Gasteiger partial charge in [0.15, 0.2) is 0 Å². The number of nitrogens with zero attached hydrogens (tertiary/aromatic N) is 3. The maximum absolute atomic E-state index is 12.9. The Hall–Kier alpha value is -3.21. The maximum Gasteiger partial charge on any atom is 0.240 e. The van der Waals surface area contributed by atoms with Gasteiger partial charge in [0.25, 0.3) is 0 Å². The molecule has 2 N–H and O–H groups in total. The number of nitrogens with one attached hydrogen (secondary N) is 2. The molecule has 2 bridgehead atoms. The molecule has 3 aliphatic rings. The van der Waals surface area contributed by atoms with Crippen molar-refractivity contribution in [3.05, 3.63) is 60.3 Å². The second-order valence-corrected chi connectivity index (χ2v) is 11.6. The first-order valence-corrected chi connectivity index (χ1v) is 14.0. The molecular formula is C27H33N5O4S. The van der Waals surface area contributed by atoms with Crippen molar-refractivity contribution in [1.29, 1.82) is 0 Å². The number of rotatable bonds is 8. The van der Waals surface area contributed by atoms with Crippen molar-refractivity contribution in [3.63, 3.8) is 0 Å². The number of carbonyl (C=O) groups excluding carboxylic acids is 1. The zero-order chi connectivity index (χ0) is 26.2. The number of aryl methyl sites for hydroxylation is 1. The van der Waals surface area contributed by atoms with E-state index in [4.69, 9.17) is 9.84 Å². The number of carbonyl (C=O) groups is 1. The highest BCUT2D eigenvalue weighted by Crippen LogP contribution is 2.43. The molecular weight excluding hydrogens is 490 g/mol. The molecule has 0 aliphatic carbocycles. The molecule has 0 radical (unpaired) electrons. The number of fused-ring (bicyclic) bond motifs is 3. The van der Waals surface area contributed by atoms with Gasteiger partial charge in [0.05, 0.1) is 17.7 Å². The van der Waals surface area contributed by atoms with Gasteiger partial charge in [-0.05, 0) is 67.8 Å². The third-order valence-corrected chi connectivity index (χ3v) is 8.99. The van der Waals surface area contributed by atoms with Crippen LogP contribution in [-0.2, 0) is 21.9 Å². The van der Waals surface area contributed by atoms with E-state index in [1.165, 1.54) is 24.8 Å². The summed E-state index contributed by atoms with van der Waals surface area (Å²) in [6, 6.07) is 16.5. The molecule has 2 aromatic carbocycles. The number of para-hydroxylation sites is 1. The van der Waals surface area contributed by atoms with Crippen molar-refractivity contribution in [2.75, 3.05) is 32.1 Å². The minimum absolute atomic E-state index is 0.158. The normalized spacial score (nSPS) is 23.1. The van der Waals surface area contributed by atoms with Crippen LogP contribution in [-0.4, -0.2) is 61.8 Å². The molecule has 1 aromatic heterocycles. The molecule has 4 atom stereocenters. The van der Waals surface area contributed by atoms with Gasteiger partial charge in [-0.1, -0.05) is 12.1 Å². The Labute approximate surface area is 217 Å². The van der Waals surface area contributed by atoms with Crippen LogP contribution in [0.15, 0.2) is 59.5 Å². The second kappa shape index (κ2) is 10.3. The first-order chi connectivity index (χ1) is 17.7. The van der Waals surface area contributed by atoms with Crippen molar-refractivity contribution in [2.24, 2.45) is 13.0 Å². The summed E-state index contributed by atoms with van der Waals surface area (Å²) < 4.78 is 36.1. The average molecular weight is 524 g/mol. The fraction of sp³-hybridized carbons (Fsp3) is 0.407. The van der Waals surface area contributed by atoms with Gasteiger partial charge in [0.2, 0.25) is 15.9 Å². The Morgan fingerprint density at radius 1 is 1.16 bits per heavy atom. The number of aromatic nitrogens is 2. The Kier molecular flexibility index (Phi) is 7.06. The van der Waals surface area contributed by atoms with Crippen LogP contribution < -0.4 is 14.8 Å². The first-order valence-electron chi connectivity index (χ1n) is 12.5. The molecule has 0 saturated carbocycles. The van der Waals surface area contributed by atoms with Crippen LogP contribution >= 0.6 is 0 Å². The van der Waals surface area contributed by atoms with Gasteiger partial charge in [-0.15, -0.1) is 0 Å². The summed E-state index contributed by atoms with van der Waals surface area (Å²) in [6.45, 7) is 3.64. The molecule has 3 aliphatic heterocycles. The Balaban J connectivity index is 1.25. The molecule has 10 heteroatoms. The third kappa shape index (κ3) is 5.27. The zero-order valence-corrected chi connectivity index (χ0v) is 22.2. The molecule has 196 valence electrons. The standard InChI is InChI=1S/C27H33N5O4S/c1-18(33)29-20-8-10-22(11-9-20)37(34,35)28-16-21-14-19-12-13-32(21)17-24(19)26-15-25(30-31(26)2)23-6-4-5-7-27(23)36-3/h4-11,15,19,21,24,28H,12-14,16-17H2,1-3H3,(H,29,33)/t19-,21+,24-/m0/s1. The monoisotopic (exact) mass is 523 g/mol. The van der Waals surface area contributed by atoms with Crippen LogP contribution in [0.5, 0.6) is 5.75 Å². The highest BCUT2D eigenvalue weighted by atomic mass is 32.2. The van der Waals surface area contributed by atoms with Gasteiger partial charge in [0, 0.05) is 56.0 Å². The molecule has 1 unspecified atom stereocenters. The largest absolute Gasteiger partial charge is 0.496 e. The number of hydrogen-bond acceptors (Lipinski definition) is 6. The molecule has 6 rings (SSSR count). The van der Waals surface area contributed by atoms with Gasteiger partial charge in [-0.25, -0.2) is 13.1 Å².